The molecule has 1 atom stereocenters. The number of alkyl halides is 1. The standard InChI is InChI=1S/C9H14BrN3O/c1-3-7(10)4-11-9(14)8-5-12-13-6(8)2/h5,7H,3-4H2,1-2H3,(H,11,14)(H,12,13). The lowest BCUT2D eigenvalue weighted by atomic mass is 10.2. The maximum Gasteiger partial charge on any atom is 0.254 e. The lowest BCUT2D eigenvalue weighted by Gasteiger charge is -2.07. The summed E-state index contributed by atoms with van der Waals surface area (Å²) in [6, 6.07) is 0. The first-order valence-corrected chi connectivity index (χ1v) is 5.49. The zero-order valence-electron chi connectivity index (χ0n) is 8.30. The van der Waals surface area contributed by atoms with Gasteiger partial charge in [0.2, 0.25) is 0 Å². The topological polar surface area (TPSA) is 57.8 Å². The highest BCUT2D eigenvalue weighted by Crippen LogP contribution is 2.04. The van der Waals surface area contributed by atoms with Crippen molar-refractivity contribution in [2.45, 2.75) is 25.1 Å². The Bertz CT molecular complexity index is 311. The van der Waals surface area contributed by atoms with Gasteiger partial charge in [0.1, 0.15) is 0 Å². The number of carbonyl (C=O) groups is 1. The Morgan fingerprint density at radius 2 is 2.50 bits per heavy atom. The number of nitrogens with zero attached hydrogens (tertiary/aromatic N) is 1. The van der Waals surface area contributed by atoms with Gasteiger partial charge in [0.05, 0.1) is 11.8 Å². The molecule has 14 heavy (non-hydrogen) atoms. The summed E-state index contributed by atoms with van der Waals surface area (Å²) in [5.41, 5.74) is 1.41. The van der Waals surface area contributed by atoms with Crippen LogP contribution in [0.25, 0.3) is 0 Å². The van der Waals surface area contributed by atoms with E-state index in [-0.39, 0.29) is 5.91 Å². The van der Waals surface area contributed by atoms with E-state index in [0.717, 1.165) is 12.1 Å². The second kappa shape index (κ2) is 5.14. The zero-order valence-corrected chi connectivity index (χ0v) is 9.89. The molecule has 2 N–H and O–H groups in total. The van der Waals surface area contributed by atoms with Gasteiger partial charge in [-0.2, -0.15) is 5.10 Å². The third kappa shape index (κ3) is 2.83. The van der Waals surface area contributed by atoms with Crippen LogP contribution in [0.5, 0.6) is 0 Å². The smallest absolute Gasteiger partial charge is 0.254 e. The Balaban J connectivity index is 2.47. The van der Waals surface area contributed by atoms with Gasteiger partial charge < -0.3 is 5.32 Å². The fourth-order valence-electron chi connectivity index (χ4n) is 1.02. The van der Waals surface area contributed by atoms with Crippen LogP contribution in [0, 0.1) is 6.92 Å². The van der Waals surface area contributed by atoms with Crippen molar-refractivity contribution in [3.05, 3.63) is 17.5 Å². The number of hydrogen-bond acceptors (Lipinski definition) is 2. The number of H-pyrrole nitrogens is 1. The summed E-state index contributed by atoms with van der Waals surface area (Å²) in [6.07, 6.45) is 2.53. The van der Waals surface area contributed by atoms with E-state index in [9.17, 15) is 4.79 Å². The molecule has 0 saturated carbocycles. The monoisotopic (exact) mass is 259 g/mol. The van der Waals surface area contributed by atoms with Gasteiger partial charge in [0, 0.05) is 17.1 Å². The molecule has 5 heteroatoms. The summed E-state index contributed by atoms with van der Waals surface area (Å²) in [5, 5.41) is 9.35. The van der Waals surface area contributed by atoms with Crippen molar-refractivity contribution < 1.29 is 4.79 Å². The van der Waals surface area contributed by atoms with Crippen LogP contribution in [0.3, 0.4) is 0 Å². The van der Waals surface area contributed by atoms with E-state index in [4.69, 9.17) is 0 Å². The molecule has 78 valence electrons. The Hall–Kier alpha value is -0.840. The van der Waals surface area contributed by atoms with Crippen molar-refractivity contribution in [3.63, 3.8) is 0 Å². The van der Waals surface area contributed by atoms with Crippen molar-refractivity contribution in [2.24, 2.45) is 0 Å². The van der Waals surface area contributed by atoms with Crippen molar-refractivity contribution in [1.82, 2.24) is 15.5 Å². The molecule has 4 nitrogen and oxygen atoms in total. The lowest BCUT2D eigenvalue weighted by Crippen LogP contribution is -2.29. The zero-order chi connectivity index (χ0) is 10.6. The molecule has 1 unspecified atom stereocenters. The minimum absolute atomic E-state index is 0.0749. The summed E-state index contributed by atoms with van der Waals surface area (Å²) >= 11 is 3.45. The molecule has 0 aliphatic rings. The van der Waals surface area contributed by atoms with E-state index in [2.05, 4.69) is 38.4 Å². The number of halogens is 1. The predicted molar refractivity (Wildman–Crippen MR) is 58.7 cm³/mol. The Kier molecular flexibility index (Phi) is 4.13. The third-order valence-corrected chi connectivity index (χ3v) is 2.97. The number of rotatable bonds is 4. The molecule has 0 radical (unpaired) electrons. The molecule has 0 spiro atoms. The summed E-state index contributed by atoms with van der Waals surface area (Å²) in [5.74, 6) is -0.0749. The first kappa shape index (κ1) is 11.2. The molecule has 0 saturated heterocycles. The van der Waals surface area contributed by atoms with Crippen molar-refractivity contribution >= 4 is 21.8 Å². The molecular formula is C9H14BrN3O. The number of aryl methyl sites for hydroxylation is 1. The minimum Gasteiger partial charge on any atom is -0.351 e. The van der Waals surface area contributed by atoms with Crippen LogP contribution in [0.15, 0.2) is 6.20 Å². The van der Waals surface area contributed by atoms with Gasteiger partial charge in [-0.05, 0) is 13.3 Å². The molecule has 0 aromatic carbocycles. The van der Waals surface area contributed by atoms with Crippen LogP contribution in [-0.2, 0) is 0 Å². The highest BCUT2D eigenvalue weighted by atomic mass is 79.9. The van der Waals surface area contributed by atoms with Crippen molar-refractivity contribution in [2.75, 3.05) is 6.54 Å². The van der Waals surface area contributed by atoms with Crippen molar-refractivity contribution in [3.8, 4) is 0 Å². The largest absolute Gasteiger partial charge is 0.351 e. The van der Waals surface area contributed by atoms with Crippen molar-refractivity contribution in [1.29, 1.82) is 0 Å². The molecular weight excluding hydrogens is 246 g/mol. The summed E-state index contributed by atoms with van der Waals surface area (Å²) in [7, 11) is 0. The first-order valence-electron chi connectivity index (χ1n) is 4.57. The molecule has 0 aliphatic carbocycles. The highest BCUT2D eigenvalue weighted by Gasteiger charge is 2.11. The van der Waals surface area contributed by atoms with Gasteiger partial charge in [0.15, 0.2) is 0 Å². The summed E-state index contributed by atoms with van der Waals surface area (Å²) in [6.45, 7) is 4.53. The normalized spacial score (nSPS) is 12.5. The highest BCUT2D eigenvalue weighted by molar-refractivity contribution is 9.09. The molecule has 1 heterocycles. The maximum absolute atomic E-state index is 11.6. The second-order valence-corrected chi connectivity index (χ2v) is 4.42. The lowest BCUT2D eigenvalue weighted by molar-refractivity contribution is 0.0953. The average molecular weight is 260 g/mol. The van der Waals surface area contributed by atoms with Gasteiger partial charge in [-0.1, -0.05) is 22.9 Å². The van der Waals surface area contributed by atoms with Crippen LogP contribution >= 0.6 is 15.9 Å². The second-order valence-electron chi connectivity index (χ2n) is 3.12. The number of aromatic amines is 1. The van der Waals surface area contributed by atoms with Gasteiger partial charge >= 0.3 is 0 Å². The van der Waals surface area contributed by atoms with E-state index in [1.807, 2.05) is 6.92 Å². The van der Waals surface area contributed by atoms with Crippen LogP contribution in [0.4, 0.5) is 0 Å². The quantitative estimate of drug-likeness (QED) is 0.808. The summed E-state index contributed by atoms with van der Waals surface area (Å²) in [4.78, 5) is 11.9. The molecule has 0 bridgehead atoms. The van der Waals surface area contributed by atoms with E-state index in [1.54, 1.807) is 6.20 Å². The van der Waals surface area contributed by atoms with Crippen LogP contribution in [0.2, 0.25) is 0 Å². The van der Waals surface area contributed by atoms with E-state index in [1.165, 1.54) is 0 Å². The molecule has 0 aliphatic heterocycles. The van der Waals surface area contributed by atoms with Gasteiger partial charge in [0.25, 0.3) is 5.91 Å². The number of nitrogens with one attached hydrogen (secondary N) is 2. The summed E-state index contributed by atoms with van der Waals surface area (Å²) < 4.78 is 0. The molecule has 0 fully saturated rings. The fraction of sp³-hybridized carbons (Fsp3) is 0.556. The Morgan fingerprint density at radius 3 is 3.00 bits per heavy atom. The van der Waals surface area contributed by atoms with Crippen LogP contribution in [-0.4, -0.2) is 27.5 Å². The van der Waals surface area contributed by atoms with Gasteiger partial charge in [-0.25, -0.2) is 0 Å². The maximum atomic E-state index is 11.6. The molecule has 1 rings (SSSR count). The molecule has 1 aromatic rings. The minimum atomic E-state index is -0.0749. The fourth-order valence-corrected chi connectivity index (χ4v) is 1.18. The Morgan fingerprint density at radius 1 is 1.79 bits per heavy atom. The molecule has 1 amide bonds. The number of amides is 1. The van der Waals surface area contributed by atoms with Crippen LogP contribution in [0.1, 0.15) is 29.4 Å². The number of hydrogen-bond donors (Lipinski definition) is 2. The Labute approximate surface area is 91.6 Å². The number of carbonyl (C=O) groups excluding carboxylic acids is 1. The van der Waals surface area contributed by atoms with E-state index >= 15 is 0 Å². The first-order chi connectivity index (χ1) is 6.65. The third-order valence-electron chi connectivity index (χ3n) is 2.00. The predicted octanol–water partition coefficient (Wildman–Crippen LogP) is 1.62. The SMILES string of the molecule is CCC(Br)CNC(=O)c1cn[nH]c1C. The van der Waals surface area contributed by atoms with E-state index < -0.39 is 0 Å². The van der Waals surface area contributed by atoms with Gasteiger partial charge in [-0.3, -0.25) is 9.89 Å². The number of aromatic nitrogens is 2. The van der Waals surface area contributed by atoms with Gasteiger partial charge in [-0.15, -0.1) is 0 Å². The van der Waals surface area contributed by atoms with Crippen LogP contribution < -0.4 is 5.32 Å². The average Bonchev–Trinajstić information content (AvgIpc) is 2.60. The van der Waals surface area contributed by atoms with E-state index in [0.29, 0.717) is 16.9 Å². The molecule has 1 aromatic heterocycles.